The molecule has 0 aliphatic carbocycles. The van der Waals surface area contributed by atoms with E-state index in [9.17, 15) is 4.79 Å². The number of pyridine rings is 1. The van der Waals surface area contributed by atoms with Crippen LogP contribution in [0.5, 0.6) is 0 Å². The Hall–Kier alpha value is -1.37. The average molecular weight is 298 g/mol. The van der Waals surface area contributed by atoms with Gasteiger partial charge in [-0.25, -0.2) is 10.8 Å². The Labute approximate surface area is 123 Å². The van der Waals surface area contributed by atoms with Gasteiger partial charge in [-0.1, -0.05) is 18.5 Å². The molecule has 0 saturated carbocycles. The van der Waals surface area contributed by atoms with Crippen molar-refractivity contribution in [3.63, 3.8) is 0 Å². The van der Waals surface area contributed by atoms with Gasteiger partial charge in [-0.05, 0) is 32.1 Å². The highest BCUT2D eigenvalue weighted by atomic mass is 35.5. The van der Waals surface area contributed by atoms with Crippen LogP contribution in [-0.2, 0) is 0 Å². The first-order valence-electron chi connectivity index (χ1n) is 6.52. The molecule has 1 aromatic heterocycles. The summed E-state index contributed by atoms with van der Waals surface area (Å²) < 4.78 is 0. The minimum Gasteiger partial charge on any atom is -0.337 e. The summed E-state index contributed by atoms with van der Waals surface area (Å²) in [6, 6.07) is 3.56. The lowest BCUT2D eigenvalue weighted by atomic mass is 10.1. The molecule has 1 saturated heterocycles. The monoisotopic (exact) mass is 297 g/mol. The number of nitrogen functional groups attached to an aromatic ring is 1. The summed E-state index contributed by atoms with van der Waals surface area (Å²) in [4.78, 5) is 20.5. The van der Waals surface area contributed by atoms with Crippen LogP contribution in [0.2, 0.25) is 5.15 Å². The number of hydrogen-bond acceptors (Lipinski definition) is 5. The summed E-state index contributed by atoms with van der Waals surface area (Å²) in [5.74, 6) is 6.11. The Morgan fingerprint density at radius 3 is 2.75 bits per heavy atom. The van der Waals surface area contributed by atoms with E-state index in [0.29, 0.717) is 23.3 Å². The van der Waals surface area contributed by atoms with Crippen LogP contribution in [0.3, 0.4) is 0 Å². The number of nitrogens with zero attached hydrogens (tertiary/aromatic N) is 3. The maximum Gasteiger partial charge on any atom is 0.254 e. The SMILES string of the molecule is CC1CN(C(=O)c2cc(Cl)nc(NN)c2)CC1N(C)C. The molecular formula is C13H20ClN5O. The maximum atomic E-state index is 12.5. The number of likely N-dealkylation sites (N-methyl/N-ethyl adjacent to an activating group) is 1. The summed E-state index contributed by atoms with van der Waals surface area (Å²) in [5, 5.41) is 0.250. The number of likely N-dealkylation sites (tertiary alicyclic amines) is 1. The molecule has 2 unspecified atom stereocenters. The van der Waals surface area contributed by atoms with Gasteiger partial charge < -0.3 is 15.2 Å². The summed E-state index contributed by atoms with van der Waals surface area (Å²) in [7, 11) is 4.07. The number of aromatic nitrogens is 1. The smallest absolute Gasteiger partial charge is 0.254 e. The molecule has 1 aliphatic heterocycles. The third kappa shape index (κ3) is 3.03. The highest BCUT2D eigenvalue weighted by Gasteiger charge is 2.34. The van der Waals surface area contributed by atoms with E-state index < -0.39 is 0 Å². The van der Waals surface area contributed by atoms with E-state index in [2.05, 4.69) is 22.2 Å². The first-order chi connectivity index (χ1) is 9.42. The summed E-state index contributed by atoms with van der Waals surface area (Å²) in [6.07, 6.45) is 0. The van der Waals surface area contributed by atoms with Crippen LogP contribution >= 0.6 is 11.6 Å². The van der Waals surface area contributed by atoms with E-state index in [1.54, 1.807) is 12.1 Å². The number of rotatable bonds is 3. The number of nitrogens with one attached hydrogen (secondary N) is 1. The number of halogens is 1. The first kappa shape index (κ1) is 15.0. The van der Waals surface area contributed by atoms with E-state index in [4.69, 9.17) is 17.4 Å². The zero-order chi connectivity index (χ0) is 14.9. The van der Waals surface area contributed by atoms with Crippen molar-refractivity contribution in [2.75, 3.05) is 32.6 Å². The van der Waals surface area contributed by atoms with Crippen LogP contribution in [0.15, 0.2) is 12.1 Å². The van der Waals surface area contributed by atoms with Crippen LogP contribution in [0, 0.1) is 5.92 Å². The molecule has 2 atom stereocenters. The molecule has 2 heterocycles. The van der Waals surface area contributed by atoms with Crippen LogP contribution in [-0.4, -0.2) is 53.9 Å². The molecule has 110 valence electrons. The largest absolute Gasteiger partial charge is 0.337 e. The van der Waals surface area contributed by atoms with Crippen LogP contribution in [0.4, 0.5) is 5.82 Å². The summed E-state index contributed by atoms with van der Waals surface area (Å²) in [5.41, 5.74) is 2.92. The molecule has 0 radical (unpaired) electrons. The van der Waals surface area contributed by atoms with Crippen molar-refractivity contribution in [1.29, 1.82) is 0 Å². The molecule has 0 bridgehead atoms. The lowest BCUT2D eigenvalue weighted by Gasteiger charge is -2.22. The van der Waals surface area contributed by atoms with Gasteiger partial charge >= 0.3 is 0 Å². The Balaban J connectivity index is 2.18. The number of carbonyl (C=O) groups excluding carboxylic acids is 1. The number of carbonyl (C=O) groups is 1. The molecule has 1 aliphatic rings. The average Bonchev–Trinajstić information content (AvgIpc) is 2.79. The molecule has 3 N–H and O–H groups in total. The highest BCUT2D eigenvalue weighted by Crippen LogP contribution is 2.23. The fourth-order valence-electron chi connectivity index (χ4n) is 2.66. The van der Waals surface area contributed by atoms with Crippen molar-refractivity contribution in [3.05, 3.63) is 22.8 Å². The number of amides is 1. The van der Waals surface area contributed by atoms with Crippen molar-refractivity contribution in [3.8, 4) is 0 Å². The van der Waals surface area contributed by atoms with E-state index in [1.165, 1.54) is 0 Å². The third-order valence-electron chi connectivity index (χ3n) is 3.71. The van der Waals surface area contributed by atoms with Crippen molar-refractivity contribution in [2.45, 2.75) is 13.0 Å². The fraction of sp³-hybridized carbons (Fsp3) is 0.538. The Bertz CT molecular complexity index is 508. The molecule has 0 spiro atoms. The van der Waals surface area contributed by atoms with E-state index in [0.717, 1.165) is 13.1 Å². The molecule has 1 amide bonds. The number of nitrogens with two attached hydrogens (primary N) is 1. The number of anilines is 1. The predicted molar refractivity (Wildman–Crippen MR) is 79.6 cm³/mol. The molecule has 0 aromatic carbocycles. The van der Waals surface area contributed by atoms with Gasteiger partial charge in [-0.3, -0.25) is 4.79 Å². The van der Waals surface area contributed by atoms with Gasteiger partial charge in [0.15, 0.2) is 0 Å². The minimum atomic E-state index is -0.0398. The minimum absolute atomic E-state index is 0.0398. The molecule has 1 aromatic rings. The van der Waals surface area contributed by atoms with Crippen molar-refractivity contribution in [2.24, 2.45) is 11.8 Å². The number of hydrogen-bond donors (Lipinski definition) is 2. The summed E-state index contributed by atoms with van der Waals surface area (Å²) in [6.45, 7) is 3.62. The van der Waals surface area contributed by atoms with E-state index >= 15 is 0 Å². The molecule has 2 rings (SSSR count). The van der Waals surface area contributed by atoms with Gasteiger partial charge in [0.25, 0.3) is 5.91 Å². The Morgan fingerprint density at radius 2 is 2.20 bits per heavy atom. The molecule has 20 heavy (non-hydrogen) atoms. The van der Waals surface area contributed by atoms with Gasteiger partial charge in [-0.15, -0.1) is 0 Å². The standard InChI is InChI=1S/C13H20ClN5O/c1-8-6-19(7-10(8)18(2)3)13(20)9-4-11(14)16-12(5-9)17-15/h4-5,8,10H,6-7,15H2,1-3H3,(H,16,17). The zero-order valence-corrected chi connectivity index (χ0v) is 12.7. The highest BCUT2D eigenvalue weighted by molar-refractivity contribution is 6.29. The van der Waals surface area contributed by atoms with Gasteiger partial charge in [0.2, 0.25) is 0 Å². The van der Waals surface area contributed by atoms with Gasteiger partial charge in [0.1, 0.15) is 11.0 Å². The maximum absolute atomic E-state index is 12.5. The zero-order valence-electron chi connectivity index (χ0n) is 11.9. The second-order valence-electron chi connectivity index (χ2n) is 5.43. The molecule has 6 nitrogen and oxygen atoms in total. The van der Waals surface area contributed by atoms with Crippen LogP contribution in [0.25, 0.3) is 0 Å². The van der Waals surface area contributed by atoms with Crippen LogP contribution in [0.1, 0.15) is 17.3 Å². The quantitative estimate of drug-likeness (QED) is 0.495. The Kier molecular flexibility index (Phi) is 4.47. The predicted octanol–water partition coefficient (Wildman–Crippen LogP) is 1.04. The first-order valence-corrected chi connectivity index (χ1v) is 6.90. The Morgan fingerprint density at radius 1 is 1.50 bits per heavy atom. The van der Waals surface area contributed by atoms with E-state index in [-0.39, 0.29) is 11.1 Å². The lowest BCUT2D eigenvalue weighted by Crippen LogP contribution is -2.35. The second kappa shape index (κ2) is 5.95. The lowest BCUT2D eigenvalue weighted by molar-refractivity contribution is 0.0781. The third-order valence-corrected chi connectivity index (χ3v) is 3.91. The van der Waals surface area contributed by atoms with Gasteiger partial charge in [0, 0.05) is 24.7 Å². The fourth-order valence-corrected chi connectivity index (χ4v) is 2.87. The second-order valence-corrected chi connectivity index (χ2v) is 5.81. The molecule has 7 heteroatoms. The number of hydrazine groups is 1. The summed E-state index contributed by atoms with van der Waals surface area (Å²) >= 11 is 5.90. The molecular weight excluding hydrogens is 278 g/mol. The van der Waals surface area contributed by atoms with Gasteiger partial charge in [0.05, 0.1) is 0 Å². The van der Waals surface area contributed by atoms with E-state index in [1.807, 2.05) is 19.0 Å². The topological polar surface area (TPSA) is 74.5 Å². The normalized spacial score (nSPS) is 22.4. The van der Waals surface area contributed by atoms with Crippen molar-refractivity contribution in [1.82, 2.24) is 14.8 Å². The van der Waals surface area contributed by atoms with Gasteiger partial charge in [-0.2, -0.15) is 0 Å². The van der Waals surface area contributed by atoms with Crippen molar-refractivity contribution < 1.29 is 4.79 Å². The van der Waals surface area contributed by atoms with Crippen molar-refractivity contribution >= 4 is 23.3 Å². The molecule has 1 fully saturated rings. The van der Waals surface area contributed by atoms with Crippen LogP contribution < -0.4 is 11.3 Å².